The Morgan fingerprint density at radius 2 is 1.55 bits per heavy atom. The van der Waals surface area contributed by atoms with Crippen LogP contribution in [0.25, 0.3) is 11.2 Å². The van der Waals surface area contributed by atoms with Crippen LogP contribution in [0, 0.1) is 0 Å². The second-order valence-corrected chi connectivity index (χ2v) is 14.9. The SMILES string of the molecule is CCC(=O)N[C@H]1C[C@@H](n2cnc3c(NCC(c4ccc(OC)c(OC)c4)c4ccc(OC)c(OC)c4)nc(N4CC[C@@H](NC(=O)N[C@@H]5CCNC5)C4)nc32)[C@H](O)[C@@H]1O. The first-order chi connectivity index (χ1) is 28.1. The average Bonchev–Trinajstić information content (AvgIpc) is 4.07. The van der Waals surface area contributed by atoms with Crippen molar-refractivity contribution in [1.82, 2.24) is 40.8 Å². The molecule has 3 aliphatic rings. The molecule has 2 aromatic carbocycles. The molecule has 2 aromatic heterocycles. The molecule has 0 spiro atoms. The number of rotatable bonds is 15. The second kappa shape index (κ2) is 17.9. The van der Waals surface area contributed by atoms with Crippen LogP contribution in [0.4, 0.5) is 16.6 Å². The number of fused-ring (bicyclic) bond motifs is 1. The molecule has 1 aliphatic carbocycles. The average molecular weight is 803 g/mol. The lowest BCUT2D eigenvalue weighted by Gasteiger charge is -2.23. The smallest absolute Gasteiger partial charge is 0.315 e. The van der Waals surface area contributed by atoms with Crippen molar-refractivity contribution < 1.29 is 38.7 Å². The number of carbonyl (C=O) groups is 2. The molecule has 2 aliphatic heterocycles. The summed E-state index contributed by atoms with van der Waals surface area (Å²) >= 11 is 0. The maximum Gasteiger partial charge on any atom is 0.315 e. The molecular formula is C40H54N10O8. The Labute approximate surface area is 337 Å². The van der Waals surface area contributed by atoms with E-state index in [1.54, 1.807) is 46.3 Å². The number of nitrogens with one attached hydrogen (secondary N) is 5. The summed E-state index contributed by atoms with van der Waals surface area (Å²) in [6.45, 7) is 4.78. The van der Waals surface area contributed by atoms with Gasteiger partial charge in [0.25, 0.3) is 0 Å². The van der Waals surface area contributed by atoms with Crippen molar-refractivity contribution in [3.05, 3.63) is 53.9 Å². The summed E-state index contributed by atoms with van der Waals surface area (Å²) in [4.78, 5) is 42.0. The lowest BCUT2D eigenvalue weighted by atomic mass is 9.90. The van der Waals surface area contributed by atoms with Crippen molar-refractivity contribution in [3.8, 4) is 23.0 Å². The number of aliphatic hydroxyl groups is 2. The number of aliphatic hydroxyl groups excluding tert-OH is 2. The minimum Gasteiger partial charge on any atom is -0.493 e. The molecule has 4 aromatic rings. The van der Waals surface area contributed by atoms with Gasteiger partial charge in [0.1, 0.15) is 12.2 Å². The molecule has 312 valence electrons. The molecule has 4 heterocycles. The lowest BCUT2D eigenvalue weighted by Crippen LogP contribution is -2.47. The van der Waals surface area contributed by atoms with E-state index >= 15 is 0 Å². The van der Waals surface area contributed by atoms with Crippen molar-refractivity contribution >= 4 is 34.9 Å². The molecule has 0 bridgehead atoms. The Bertz CT molecular complexity index is 2020. The fraction of sp³-hybridized carbons (Fsp3) is 0.525. The maximum atomic E-state index is 12.9. The number of methoxy groups -OCH3 is 4. The van der Waals surface area contributed by atoms with E-state index < -0.39 is 24.3 Å². The molecule has 3 fully saturated rings. The third-order valence-corrected chi connectivity index (χ3v) is 11.4. The summed E-state index contributed by atoms with van der Waals surface area (Å²) in [5.41, 5.74) is 2.76. The van der Waals surface area contributed by atoms with E-state index in [2.05, 4.69) is 26.6 Å². The van der Waals surface area contributed by atoms with E-state index in [1.807, 2.05) is 41.3 Å². The van der Waals surface area contributed by atoms with E-state index in [4.69, 9.17) is 33.9 Å². The third kappa shape index (κ3) is 8.49. The quantitative estimate of drug-likeness (QED) is 0.0914. The zero-order chi connectivity index (χ0) is 40.9. The number of anilines is 2. The zero-order valence-electron chi connectivity index (χ0n) is 33.5. The fourth-order valence-corrected chi connectivity index (χ4v) is 8.16. The highest BCUT2D eigenvalue weighted by molar-refractivity contribution is 5.85. The van der Waals surface area contributed by atoms with Crippen LogP contribution in [0.3, 0.4) is 0 Å². The van der Waals surface area contributed by atoms with Gasteiger partial charge in [-0.2, -0.15) is 9.97 Å². The van der Waals surface area contributed by atoms with Gasteiger partial charge in [-0.25, -0.2) is 9.78 Å². The van der Waals surface area contributed by atoms with Crippen LogP contribution < -0.4 is 50.4 Å². The number of imidazole rings is 1. The van der Waals surface area contributed by atoms with E-state index in [1.165, 1.54) is 0 Å². The first-order valence-corrected chi connectivity index (χ1v) is 19.7. The van der Waals surface area contributed by atoms with E-state index in [9.17, 15) is 19.8 Å². The fourth-order valence-electron chi connectivity index (χ4n) is 8.16. The van der Waals surface area contributed by atoms with Gasteiger partial charge in [0, 0.05) is 50.6 Å². The van der Waals surface area contributed by atoms with Crippen LogP contribution >= 0.6 is 0 Å². The molecule has 7 N–H and O–H groups in total. The number of benzene rings is 2. The van der Waals surface area contributed by atoms with E-state index in [0.29, 0.717) is 72.0 Å². The van der Waals surface area contributed by atoms with Gasteiger partial charge in [0.15, 0.2) is 40.0 Å². The van der Waals surface area contributed by atoms with Gasteiger partial charge >= 0.3 is 6.03 Å². The zero-order valence-corrected chi connectivity index (χ0v) is 33.5. The largest absolute Gasteiger partial charge is 0.493 e. The molecule has 18 nitrogen and oxygen atoms in total. The van der Waals surface area contributed by atoms with Crippen LogP contribution in [0.5, 0.6) is 23.0 Å². The van der Waals surface area contributed by atoms with Crippen molar-refractivity contribution in [2.24, 2.45) is 0 Å². The Morgan fingerprint density at radius 1 is 0.879 bits per heavy atom. The number of amides is 3. The van der Waals surface area contributed by atoms with Crippen molar-refractivity contribution in [2.45, 2.75) is 74.9 Å². The highest BCUT2D eigenvalue weighted by Gasteiger charge is 2.44. The number of aromatic nitrogens is 4. The Kier molecular flexibility index (Phi) is 12.5. The summed E-state index contributed by atoms with van der Waals surface area (Å²) < 4.78 is 24.2. The van der Waals surface area contributed by atoms with Gasteiger partial charge in [-0.15, -0.1) is 0 Å². The molecule has 0 unspecified atom stereocenters. The predicted molar refractivity (Wildman–Crippen MR) is 216 cm³/mol. The molecule has 58 heavy (non-hydrogen) atoms. The molecule has 18 heteroatoms. The molecule has 1 saturated carbocycles. The first-order valence-electron chi connectivity index (χ1n) is 19.7. The second-order valence-electron chi connectivity index (χ2n) is 14.9. The number of hydrogen-bond donors (Lipinski definition) is 7. The maximum absolute atomic E-state index is 12.9. The van der Waals surface area contributed by atoms with Crippen molar-refractivity contribution in [2.75, 3.05) is 71.4 Å². The van der Waals surface area contributed by atoms with Crippen molar-refractivity contribution in [1.29, 1.82) is 0 Å². The Morgan fingerprint density at radius 3 is 2.17 bits per heavy atom. The van der Waals surface area contributed by atoms with E-state index in [0.717, 1.165) is 30.6 Å². The number of hydrogen-bond acceptors (Lipinski definition) is 14. The predicted octanol–water partition coefficient (Wildman–Crippen LogP) is 1.91. The van der Waals surface area contributed by atoms with Crippen LogP contribution in [0.2, 0.25) is 0 Å². The monoisotopic (exact) mass is 802 g/mol. The summed E-state index contributed by atoms with van der Waals surface area (Å²) in [5.74, 6) is 2.74. The number of ether oxygens (including phenoxy) is 4. The Balaban J connectivity index is 1.23. The minimum atomic E-state index is -1.19. The molecule has 7 rings (SSSR count). The van der Waals surface area contributed by atoms with Crippen LogP contribution in [0.15, 0.2) is 42.7 Å². The first kappa shape index (κ1) is 40.6. The van der Waals surface area contributed by atoms with Crippen LogP contribution in [-0.4, -0.2) is 133 Å². The van der Waals surface area contributed by atoms with Gasteiger partial charge < -0.3 is 65.2 Å². The van der Waals surface area contributed by atoms with Crippen LogP contribution in [0.1, 0.15) is 55.7 Å². The third-order valence-electron chi connectivity index (χ3n) is 11.4. The molecule has 6 atom stereocenters. The van der Waals surface area contributed by atoms with Gasteiger partial charge in [-0.3, -0.25) is 4.79 Å². The van der Waals surface area contributed by atoms with E-state index in [-0.39, 0.29) is 42.8 Å². The normalized spacial score (nSPS) is 22.9. The molecule has 3 amide bonds. The number of nitrogens with zero attached hydrogens (tertiary/aromatic N) is 5. The molecule has 0 radical (unpaired) electrons. The summed E-state index contributed by atoms with van der Waals surface area (Å²) in [7, 11) is 6.38. The molecule has 2 saturated heterocycles. The highest BCUT2D eigenvalue weighted by atomic mass is 16.5. The number of urea groups is 1. The van der Waals surface area contributed by atoms with Gasteiger partial charge in [0.2, 0.25) is 11.9 Å². The summed E-state index contributed by atoms with van der Waals surface area (Å²) in [5, 5.41) is 38.1. The van der Waals surface area contributed by atoms with Crippen LogP contribution in [-0.2, 0) is 4.79 Å². The van der Waals surface area contributed by atoms with Gasteiger partial charge in [-0.1, -0.05) is 19.1 Å². The Hall–Kier alpha value is -5.59. The topological polar surface area (TPSA) is 219 Å². The molecular weight excluding hydrogens is 749 g/mol. The highest BCUT2D eigenvalue weighted by Crippen LogP contribution is 2.39. The minimum absolute atomic E-state index is 0.0957. The van der Waals surface area contributed by atoms with Gasteiger partial charge in [-0.05, 0) is 61.2 Å². The van der Waals surface area contributed by atoms with Gasteiger partial charge in [0.05, 0.1) is 46.9 Å². The lowest BCUT2D eigenvalue weighted by molar-refractivity contribution is -0.122. The summed E-state index contributed by atoms with van der Waals surface area (Å²) in [6.07, 6.45) is 1.31. The standard InChI is InChI=1S/C40H54N10O8/c1-6-33(51)46-27-17-28(36(53)35(27)52)50-21-43-34-37(47-39(48-38(34)50)49-14-12-25(20-49)45-40(54)44-24-11-13-41-18-24)42-19-26(22-7-9-29(55-2)31(15-22)57-4)23-8-10-30(56-3)32(16-23)58-5/h7-10,15-16,21,24-28,35-36,41,52-53H,6,11-14,17-20H2,1-5H3,(H,46,51)(H,42,47,48)(H2,44,45,54)/t24-,25-,27+,28-,35-,36+/m1/s1. The van der Waals surface area contributed by atoms with Crippen molar-refractivity contribution in [3.63, 3.8) is 0 Å². The summed E-state index contributed by atoms with van der Waals surface area (Å²) in [6, 6.07) is 10.1. The number of carbonyl (C=O) groups excluding carboxylic acids is 2.